The molecule has 1 aliphatic heterocycles. The van der Waals surface area contributed by atoms with Crippen LogP contribution in [-0.2, 0) is 9.53 Å². The minimum absolute atomic E-state index is 0.0415. The molecule has 0 radical (unpaired) electrons. The second-order valence-electron chi connectivity index (χ2n) is 6.71. The van der Waals surface area contributed by atoms with Crippen LogP contribution in [0.2, 0.25) is 10.0 Å². The molecule has 3 nitrogen and oxygen atoms in total. The van der Waals surface area contributed by atoms with E-state index in [2.05, 4.69) is 18.2 Å². The molecule has 0 saturated carbocycles. The monoisotopic (exact) mass is 390 g/mol. The van der Waals surface area contributed by atoms with Gasteiger partial charge in [-0.1, -0.05) is 58.6 Å². The van der Waals surface area contributed by atoms with Gasteiger partial charge >= 0.3 is 5.97 Å². The number of carbonyl (C=O) groups excluding carboxylic acids is 1. The first-order chi connectivity index (χ1) is 12.3. The smallest absolute Gasteiger partial charge is 0.309 e. The maximum atomic E-state index is 11.5. The third kappa shape index (κ3) is 4.47. The average molecular weight is 391 g/mol. The molecule has 0 aromatic heterocycles. The zero-order valence-corrected chi connectivity index (χ0v) is 16.1. The van der Waals surface area contributed by atoms with Crippen molar-refractivity contribution >= 4 is 35.2 Å². The minimum atomic E-state index is -0.675. The van der Waals surface area contributed by atoms with Crippen molar-refractivity contribution in [2.45, 2.75) is 38.9 Å². The molecule has 1 heterocycles. The van der Waals surface area contributed by atoms with E-state index in [1.54, 1.807) is 12.1 Å². The maximum Gasteiger partial charge on any atom is 0.309 e. The van der Waals surface area contributed by atoms with Gasteiger partial charge in [0.15, 0.2) is 0 Å². The van der Waals surface area contributed by atoms with Crippen molar-refractivity contribution in [3.8, 4) is 11.1 Å². The molecule has 1 aliphatic rings. The van der Waals surface area contributed by atoms with Gasteiger partial charge in [-0.15, -0.1) is 0 Å². The predicted octanol–water partition coefficient (Wildman–Crippen LogP) is 5.36. The van der Waals surface area contributed by atoms with Gasteiger partial charge in [0.05, 0.1) is 12.5 Å². The fourth-order valence-corrected chi connectivity index (χ4v) is 3.81. The van der Waals surface area contributed by atoms with E-state index < -0.39 is 18.2 Å². The molecule has 0 spiro atoms. The van der Waals surface area contributed by atoms with Gasteiger partial charge in [-0.2, -0.15) is 0 Å². The minimum Gasteiger partial charge on any atom is -0.458 e. The van der Waals surface area contributed by atoms with Gasteiger partial charge in [0, 0.05) is 22.0 Å². The van der Waals surface area contributed by atoms with Crippen LogP contribution in [0.5, 0.6) is 0 Å². The quantitative estimate of drug-likeness (QED) is 0.717. The summed E-state index contributed by atoms with van der Waals surface area (Å²) in [5.41, 5.74) is 5.03. The molecular formula is C21H20Cl2O3. The Hall–Kier alpha value is -1.81. The molecule has 1 N–H and O–H groups in total. The summed E-state index contributed by atoms with van der Waals surface area (Å²) in [6.07, 6.45) is 2.88. The normalized spacial score (nSPS) is 20.4. The standard InChI is InChI=1S/C21H20Cl2O3/c1-12-5-13(2)7-14(6-12)19-8-15(22)9-20(23)18(19)4-3-17-10-16(24)11-21(25)26-17/h3-9,16-17,24H,10-11H2,1-2H3/b4-3+/t16-,17-/m1/s1. The second-order valence-corrected chi connectivity index (χ2v) is 7.55. The molecule has 0 aliphatic carbocycles. The predicted molar refractivity (Wildman–Crippen MR) is 106 cm³/mol. The number of aliphatic hydroxyl groups is 1. The molecular weight excluding hydrogens is 371 g/mol. The highest BCUT2D eigenvalue weighted by Crippen LogP contribution is 2.35. The van der Waals surface area contributed by atoms with Crippen molar-refractivity contribution in [3.05, 3.63) is 63.1 Å². The Morgan fingerprint density at radius 1 is 1.12 bits per heavy atom. The van der Waals surface area contributed by atoms with E-state index in [4.69, 9.17) is 27.9 Å². The fraction of sp³-hybridized carbons (Fsp3) is 0.286. The van der Waals surface area contributed by atoms with Crippen LogP contribution in [0.4, 0.5) is 0 Å². The molecule has 2 atom stereocenters. The second kappa shape index (κ2) is 7.83. The molecule has 2 aromatic carbocycles. The molecule has 0 bridgehead atoms. The van der Waals surface area contributed by atoms with Gasteiger partial charge in [-0.25, -0.2) is 0 Å². The average Bonchev–Trinajstić information content (AvgIpc) is 2.51. The maximum absolute atomic E-state index is 11.5. The molecule has 5 heteroatoms. The molecule has 1 saturated heterocycles. The summed E-state index contributed by atoms with van der Waals surface area (Å²) in [4.78, 5) is 11.5. The van der Waals surface area contributed by atoms with Gasteiger partial charge in [0.1, 0.15) is 6.10 Å². The van der Waals surface area contributed by atoms with Crippen molar-refractivity contribution in [1.82, 2.24) is 0 Å². The van der Waals surface area contributed by atoms with E-state index in [0.29, 0.717) is 16.5 Å². The third-order valence-corrected chi connectivity index (χ3v) is 4.82. The lowest BCUT2D eigenvalue weighted by Crippen LogP contribution is -2.31. The first-order valence-electron chi connectivity index (χ1n) is 8.45. The summed E-state index contributed by atoms with van der Waals surface area (Å²) < 4.78 is 5.27. The van der Waals surface area contributed by atoms with Crippen LogP contribution in [0.25, 0.3) is 17.2 Å². The first-order valence-corrected chi connectivity index (χ1v) is 9.21. The van der Waals surface area contributed by atoms with E-state index in [9.17, 15) is 9.90 Å². The van der Waals surface area contributed by atoms with Gasteiger partial charge in [-0.3, -0.25) is 4.79 Å². The van der Waals surface area contributed by atoms with Gasteiger partial charge in [0.2, 0.25) is 0 Å². The molecule has 3 rings (SSSR count). The van der Waals surface area contributed by atoms with E-state index >= 15 is 0 Å². The number of carbonyl (C=O) groups is 1. The lowest BCUT2D eigenvalue weighted by Gasteiger charge is -2.23. The van der Waals surface area contributed by atoms with E-state index in [-0.39, 0.29) is 6.42 Å². The highest BCUT2D eigenvalue weighted by atomic mass is 35.5. The van der Waals surface area contributed by atoms with Crippen LogP contribution in [-0.4, -0.2) is 23.3 Å². The van der Waals surface area contributed by atoms with Crippen molar-refractivity contribution in [1.29, 1.82) is 0 Å². The Morgan fingerprint density at radius 3 is 2.46 bits per heavy atom. The Balaban J connectivity index is 2.01. The zero-order valence-electron chi connectivity index (χ0n) is 14.6. The Kier molecular flexibility index (Phi) is 5.71. The molecule has 1 fully saturated rings. The molecule has 26 heavy (non-hydrogen) atoms. The third-order valence-electron chi connectivity index (χ3n) is 4.29. The van der Waals surface area contributed by atoms with Crippen LogP contribution in [0.15, 0.2) is 36.4 Å². The number of cyclic esters (lactones) is 1. The number of aryl methyl sites for hydroxylation is 2. The van der Waals surface area contributed by atoms with E-state index in [1.165, 1.54) is 0 Å². The number of esters is 1. The molecule has 136 valence electrons. The van der Waals surface area contributed by atoms with Crippen LogP contribution >= 0.6 is 23.2 Å². The van der Waals surface area contributed by atoms with Crippen LogP contribution in [0.3, 0.4) is 0 Å². The van der Waals surface area contributed by atoms with Gasteiger partial charge < -0.3 is 9.84 Å². The van der Waals surface area contributed by atoms with E-state index in [1.807, 2.05) is 26.0 Å². The first kappa shape index (κ1) is 19.0. The number of benzene rings is 2. The number of rotatable bonds is 3. The summed E-state index contributed by atoms with van der Waals surface area (Å²) >= 11 is 12.7. The summed E-state index contributed by atoms with van der Waals surface area (Å²) in [5, 5.41) is 10.8. The summed E-state index contributed by atoms with van der Waals surface area (Å²) in [6.45, 7) is 4.09. The van der Waals surface area contributed by atoms with Crippen molar-refractivity contribution in [2.75, 3.05) is 0 Å². The van der Waals surface area contributed by atoms with Crippen LogP contribution < -0.4 is 0 Å². The Morgan fingerprint density at radius 2 is 1.81 bits per heavy atom. The van der Waals surface area contributed by atoms with Crippen molar-refractivity contribution in [3.63, 3.8) is 0 Å². The summed E-state index contributed by atoms with van der Waals surface area (Å²) in [6, 6.07) is 9.83. The Bertz CT molecular complexity index is 854. The highest BCUT2D eigenvalue weighted by molar-refractivity contribution is 6.36. The number of hydrogen-bond acceptors (Lipinski definition) is 3. The molecule has 0 unspecified atom stereocenters. The number of aliphatic hydroxyl groups excluding tert-OH is 1. The van der Waals surface area contributed by atoms with Gasteiger partial charge in [-0.05, 0) is 43.2 Å². The molecule has 0 amide bonds. The van der Waals surface area contributed by atoms with Crippen molar-refractivity contribution < 1.29 is 14.6 Å². The summed E-state index contributed by atoms with van der Waals surface area (Å²) in [7, 11) is 0. The lowest BCUT2D eigenvalue weighted by atomic mass is 9.95. The van der Waals surface area contributed by atoms with E-state index in [0.717, 1.165) is 27.8 Å². The highest BCUT2D eigenvalue weighted by Gasteiger charge is 2.25. The molecule has 2 aromatic rings. The SMILES string of the molecule is Cc1cc(C)cc(-c2cc(Cl)cc(Cl)c2/C=C/[C@@H]2C[C@@H](O)CC(=O)O2)c1. The van der Waals surface area contributed by atoms with Gasteiger partial charge in [0.25, 0.3) is 0 Å². The number of hydrogen-bond donors (Lipinski definition) is 1. The fourth-order valence-electron chi connectivity index (χ4n) is 3.25. The summed E-state index contributed by atoms with van der Waals surface area (Å²) in [5.74, 6) is -0.393. The number of ether oxygens (including phenoxy) is 1. The Labute approximate surface area is 163 Å². The lowest BCUT2D eigenvalue weighted by molar-refractivity contribution is -0.156. The van der Waals surface area contributed by atoms with Crippen LogP contribution in [0.1, 0.15) is 29.5 Å². The van der Waals surface area contributed by atoms with Crippen molar-refractivity contribution in [2.24, 2.45) is 0 Å². The zero-order chi connectivity index (χ0) is 18.8. The topological polar surface area (TPSA) is 46.5 Å². The van der Waals surface area contributed by atoms with Crippen LogP contribution in [0, 0.1) is 13.8 Å². The largest absolute Gasteiger partial charge is 0.458 e. The number of halogens is 2.